The van der Waals surface area contributed by atoms with E-state index >= 15 is 0 Å². The van der Waals surface area contributed by atoms with Crippen LogP contribution in [0.3, 0.4) is 0 Å². The second-order valence-corrected chi connectivity index (χ2v) is 5.25. The van der Waals surface area contributed by atoms with Crippen molar-refractivity contribution in [2.45, 2.75) is 18.2 Å². The van der Waals surface area contributed by atoms with Gasteiger partial charge in [-0.3, -0.25) is 4.40 Å². The van der Waals surface area contributed by atoms with E-state index in [2.05, 4.69) is 20.1 Å². The Bertz CT molecular complexity index is 519. The molecule has 2 heterocycles. The van der Waals surface area contributed by atoms with Crippen LogP contribution in [0, 0.1) is 5.92 Å². The second-order valence-electron chi connectivity index (χ2n) is 4.63. The van der Waals surface area contributed by atoms with Crippen LogP contribution in [0.15, 0.2) is 18.7 Å². The number of fused-ring (bicyclic) bond motifs is 1. The molecule has 0 radical (unpaired) electrons. The quantitative estimate of drug-likeness (QED) is 0.777. The highest BCUT2D eigenvalue weighted by atomic mass is 35.5. The summed E-state index contributed by atoms with van der Waals surface area (Å²) in [4.78, 5) is 6.52. The molecule has 0 aliphatic heterocycles. The van der Waals surface area contributed by atoms with Gasteiger partial charge in [0.2, 0.25) is 5.65 Å². The van der Waals surface area contributed by atoms with E-state index in [1.807, 2.05) is 17.6 Å². The molecule has 0 atom stereocenters. The predicted molar refractivity (Wildman–Crippen MR) is 66.4 cm³/mol. The minimum absolute atomic E-state index is 0.366. The number of aromatic nitrogens is 4. The van der Waals surface area contributed by atoms with Gasteiger partial charge in [-0.1, -0.05) is 0 Å². The Morgan fingerprint density at radius 2 is 2.35 bits per heavy atom. The first-order valence-corrected chi connectivity index (χ1v) is 6.17. The Kier molecular flexibility index (Phi) is 2.63. The Morgan fingerprint density at radius 1 is 1.53 bits per heavy atom. The van der Waals surface area contributed by atoms with E-state index in [1.165, 1.54) is 0 Å². The molecule has 0 N–H and O–H groups in total. The Hall–Kier alpha value is -1.36. The predicted octanol–water partition coefficient (Wildman–Crippen LogP) is 1.58. The maximum atomic E-state index is 5.99. The van der Waals surface area contributed by atoms with Crippen LogP contribution in [0.5, 0.6) is 0 Å². The summed E-state index contributed by atoms with van der Waals surface area (Å²) in [5.74, 6) is 1.55. The average Bonchev–Trinajstić information content (AvgIpc) is 2.74. The smallest absolute Gasteiger partial charge is 0.203 e. The Labute approximate surface area is 104 Å². The molecule has 1 fully saturated rings. The summed E-state index contributed by atoms with van der Waals surface area (Å²) < 4.78 is 1.88. The molecule has 0 saturated heterocycles. The number of hydrogen-bond donors (Lipinski definition) is 0. The highest BCUT2D eigenvalue weighted by Crippen LogP contribution is 2.33. The molecule has 90 valence electrons. The van der Waals surface area contributed by atoms with E-state index in [9.17, 15) is 0 Å². The third-order valence-corrected chi connectivity index (χ3v) is 3.63. The molecule has 3 rings (SSSR count). The summed E-state index contributed by atoms with van der Waals surface area (Å²) in [5.41, 5.74) is 0.803. The lowest BCUT2D eigenvalue weighted by Gasteiger charge is -2.34. The maximum Gasteiger partial charge on any atom is 0.203 e. The van der Waals surface area contributed by atoms with Gasteiger partial charge in [0, 0.05) is 31.4 Å². The van der Waals surface area contributed by atoms with E-state index in [1.54, 1.807) is 12.5 Å². The SMILES string of the molecule is CN(CC1CC(Cl)C1)c1nccn2cnnc12. The molecule has 1 aliphatic carbocycles. The first kappa shape index (κ1) is 10.8. The third-order valence-electron chi connectivity index (χ3n) is 3.27. The molecule has 6 heteroatoms. The van der Waals surface area contributed by atoms with Gasteiger partial charge in [0.1, 0.15) is 6.33 Å². The van der Waals surface area contributed by atoms with E-state index in [0.29, 0.717) is 11.3 Å². The lowest BCUT2D eigenvalue weighted by molar-refractivity contribution is 0.328. The Morgan fingerprint density at radius 3 is 3.12 bits per heavy atom. The molecule has 5 nitrogen and oxygen atoms in total. The lowest BCUT2D eigenvalue weighted by Crippen LogP contribution is -2.35. The minimum atomic E-state index is 0.366. The fraction of sp³-hybridized carbons (Fsp3) is 0.545. The van der Waals surface area contributed by atoms with Gasteiger partial charge < -0.3 is 4.90 Å². The van der Waals surface area contributed by atoms with Crippen molar-refractivity contribution in [3.8, 4) is 0 Å². The molecule has 1 aliphatic rings. The first-order chi connectivity index (χ1) is 8.24. The van der Waals surface area contributed by atoms with Crippen LogP contribution >= 0.6 is 11.6 Å². The standard InChI is InChI=1S/C11H14ClN5/c1-16(6-8-4-9(12)5-8)10-11-15-14-7-17(11)3-2-13-10/h2-3,7-9H,4-6H2,1H3. The average molecular weight is 252 g/mol. The topological polar surface area (TPSA) is 46.3 Å². The monoisotopic (exact) mass is 251 g/mol. The second kappa shape index (κ2) is 4.14. The fourth-order valence-corrected chi connectivity index (χ4v) is 2.80. The molecule has 0 unspecified atom stereocenters. The van der Waals surface area contributed by atoms with Crippen LogP contribution in [0.25, 0.3) is 5.65 Å². The summed E-state index contributed by atoms with van der Waals surface area (Å²) >= 11 is 5.99. The van der Waals surface area contributed by atoms with Crippen molar-refractivity contribution < 1.29 is 0 Å². The van der Waals surface area contributed by atoms with Crippen molar-refractivity contribution >= 4 is 23.1 Å². The van der Waals surface area contributed by atoms with Crippen molar-refractivity contribution in [1.82, 2.24) is 19.6 Å². The van der Waals surface area contributed by atoms with Crippen LogP contribution < -0.4 is 4.90 Å². The van der Waals surface area contributed by atoms with E-state index in [4.69, 9.17) is 11.6 Å². The number of alkyl halides is 1. The molecule has 2 aromatic rings. The minimum Gasteiger partial charge on any atom is -0.356 e. The van der Waals surface area contributed by atoms with Gasteiger partial charge in [0.15, 0.2) is 5.82 Å². The zero-order chi connectivity index (χ0) is 11.8. The molecule has 0 bridgehead atoms. The van der Waals surface area contributed by atoms with Crippen molar-refractivity contribution in [3.05, 3.63) is 18.7 Å². The van der Waals surface area contributed by atoms with Crippen LogP contribution in [-0.4, -0.2) is 38.6 Å². The first-order valence-electron chi connectivity index (χ1n) is 5.73. The van der Waals surface area contributed by atoms with Crippen molar-refractivity contribution in [1.29, 1.82) is 0 Å². The highest BCUT2D eigenvalue weighted by Gasteiger charge is 2.28. The van der Waals surface area contributed by atoms with Crippen molar-refractivity contribution in [2.24, 2.45) is 5.92 Å². The zero-order valence-electron chi connectivity index (χ0n) is 9.62. The zero-order valence-corrected chi connectivity index (χ0v) is 10.4. The summed E-state index contributed by atoms with van der Waals surface area (Å²) in [5, 5.41) is 8.35. The third kappa shape index (κ3) is 1.95. The molecule has 2 aromatic heterocycles. The van der Waals surface area contributed by atoms with Gasteiger partial charge in [-0.25, -0.2) is 4.98 Å². The number of nitrogens with zero attached hydrogens (tertiary/aromatic N) is 5. The van der Waals surface area contributed by atoms with Gasteiger partial charge in [0.25, 0.3) is 0 Å². The number of hydrogen-bond acceptors (Lipinski definition) is 4. The van der Waals surface area contributed by atoms with Crippen LogP contribution in [0.2, 0.25) is 0 Å². The maximum absolute atomic E-state index is 5.99. The fourth-order valence-electron chi connectivity index (χ4n) is 2.29. The molecular weight excluding hydrogens is 238 g/mol. The summed E-state index contributed by atoms with van der Waals surface area (Å²) in [6, 6.07) is 0. The van der Waals surface area contributed by atoms with Crippen molar-refractivity contribution in [3.63, 3.8) is 0 Å². The van der Waals surface area contributed by atoms with Gasteiger partial charge in [0.05, 0.1) is 0 Å². The van der Waals surface area contributed by atoms with Crippen LogP contribution in [0.4, 0.5) is 5.82 Å². The van der Waals surface area contributed by atoms with Gasteiger partial charge in [-0.05, 0) is 18.8 Å². The molecule has 0 spiro atoms. The largest absolute Gasteiger partial charge is 0.356 e. The normalized spacial score (nSPS) is 23.6. The lowest BCUT2D eigenvalue weighted by atomic mass is 9.84. The molecule has 0 amide bonds. The summed E-state index contributed by atoms with van der Waals surface area (Å²) in [6.07, 6.45) is 7.51. The summed E-state index contributed by atoms with van der Waals surface area (Å²) in [7, 11) is 2.04. The van der Waals surface area contributed by atoms with Gasteiger partial charge in [-0.15, -0.1) is 21.8 Å². The van der Waals surface area contributed by atoms with Crippen LogP contribution in [0.1, 0.15) is 12.8 Å². The van der Waals surface area contributed by atoms with Gasteiger partial charge >= 0.3 is 0 Å². The molecular formula is C11H14ClN5. The molecule has 0 aromatic carbocycles. The summed E-state index contributed by atoms with van der Waals surface area (Å²) in [6.45, 7) is 0.975. The Balaban J connectivity index is 1.80. The van der Waals surface area contributed by atoms with Gasteiger partial charge in [-0.2, -0.15) is 0 Å². The van der Waals surface area contributed by atoms with E-state index in [0.717, 1.165) is 30.9 Å². The van der Waals surface area contributed by atoms with E-state index in [-0.39, 0.29) is 0 Å². The van der Waals surface area contributed by atoms with Crippen LogP contribution in [-0.2, 0) is 0 Å². The molecule has 1 saturated carbocycles. The number of rotatable bonds is 3. The number of anilines is 1. The highest BCUT2D eigenvalue weighted by molar-refractivity contribution is 6.21. The number of halogens is 1. The van der Waals surface area contributed by atoms with E-state index < -0.39 is 0 Å². The molecule has 17 heavy (non-hydrogen) atoms. The van der Waals surface area contributed by atoms with Crippen molar-refractivity contribution in [2.75, 3.05) is 18.5 Å².